The number of thiophene rings is 1. The molecular formula is C17H24N4O2S2. The van der Waals surface area contributed by atoms with E-state index in [1.807, 2.05) is 0 Å². The minimum atomic E-state index is -2.89. The topological polar surface area (TPSA) is 89.2 Å². The van der Waals surface area contributed by atoms with Crippen LogP contribution in [0, 0.1) is 0 Å². The normalized spacial score (nSPS) is 22.6. The van der Waals surface area contributed by atoms with Gasteiger partial charge < -0.3 is 5.73 Å². The molecular weight excluding hydrogens is 356 g/mol. The highest BCUT2D eigenvalue weighted by atomic mass is 32.2. The zero-order valence-corrected chi connectivity index (χ0v) is 16.1. The van der Waals surface area contributed by atoms with Gasteiger partial charge in [-0.2, -0.15) is 0 Å². The van der Waals surface area contributed by atoms with E-state index >= 15 is 0 Å². The molecule has 1 aliphatic carbocycles. The van der Waals surface area contributed by atoms with Crippen LogP contribution in [0.3, 0.4) is 0 Å². The monoisotopic (exact) mass is 380 g/mol. The van der Waals surface area contributed by atoms with E-state index in [0.29, 0.717) is 24.6 Å². The van der Waals surface area contributed by atoms with Crippen molar-refractivity contribution < 1.29 is 8.42 Å². The first-order valence-electron chi connectivity index (χ1n) is 8.98. The van der Waals surface area contributed by atoms with Gasteiger partial charge in [0.2, 0.25) is 0 Å². The van der Waals surface area contributed by atoms with Crippen LogP contribution in [0.4, 0.5) is 5.82 Å². The number of fused-ring (bicyclic) bond motifs is 3. The van der Waals surface area contributed by atoms with Gasteiger partial charge in [0.1, 0.15) is 16.5 Å². The van der Waals surface area contributed by atoms with Crippen molar-refractivity contribution >= 4 is 37.2 Å². The van der Waals surface area contributed by atoms with Gasteiger partial charge in [-0.25, -0.2) is 18.4 Å². The Kier molecular flexibility index (Phi) is 4.45. The molecule has 8 heteroatoms. The Labute approximate surface area is 152 Å². The molecule has 2 aromatic rings. The molecule has 6 nitrogen and oxygen atoms in total. The van der Waals surface area contributed by atoms with Crippen LogP contribution < -0.4 is 5.73 Å². The van der Waals surface area contributed by atoms with Crippen molar-refractivity contribution in [3.8, 4) is 0 Å². The second-order valence-corrected chi connectivity index (χ2v) is 10.3. The third-order valence-electron chi connectivity index (χ3n) is 5.36. The number of rotatable bonds is 4. The summed E-state index contributed by atoms with van der Waals surface area (Å²) in [5.41, 5.74) is 7.63. The number of hydrogen-bond donors (Lipinski definition) is 1. The van der Waals surface area contributed by atoms with Gasteiger partial charge in [-0.1, -0.05) is 6.92 Å². The minimum absolute atomic E-state index is 0.0621. The molecule has 0 bridgehead atoms. The maximum Gasteiger partial charge on any atom is 0.151 e. The summed E-state index contributed by atoms with van der Waals surface area (Å²) in [6, 6.07) is 0.0621. The van der Waals surface area contributed by atoms with E-state index in [9.17, 15) is 8.42 Å². The van der Waals surface area contributed by atoms with Crippen molar-refractivity contribution in [1.82, 2.24) is 14.9 Å². The first kappa shape index (κ1) is 17.2. The standard InChI is InChI=1S/C17H24N4O2S2/c1-2-21(11-7-8-25(22,23)10-11)9-14-19-16(18)15-12-5-3-4-6-13(12)24-17(15)20-14/h11H,2-10H2,1H3,(H2,18,19,20). The minimum Gasteiger partial charge on any atom is -0.383 e. The van der Waals surface area contributed by atoms with Crippen molar-refractivity contribution in [2.45, 2.75) is 51.6 Å². The van der Waals surface area contributed by atoms with Crippen molar-refractivity contribution in [1.29, 1.82) is 0 Å². The lowest BCUT2D eigenvalue weighted by Gasteiger charge is -2.25. The van der Waals surface area contributed by atoms with Gasteiger partial charge in [0.25, 0.3) is 0 Å². The van der Waals surface area contributed by atoms with Gasteiger partial charge in [-0.05, 0) is 44.2 Å². The summed E-state index contributed by atoms with van der Waals surface area (Å²) in [4.78, 5) is 13.9. The van der Waals surface area contributed by atoms with Gasteiger partial charge in [0.15, 0.2) is 9.84 Å². The van der Waals surface area contributed by atoms with Crippen molar-refractivity contribution in [2.75, 3.05) is 23.8 Å². The lowest BCUT2D eigenvalue weighted by molar-refractivity contribution is 0.210. The van der Waals surface area contributed by atoms with Crippen LogP contribution in [0.15, 0.2) is 0 Å². The molecule has 0 radical (unpaired) electrons. The maximum atomic E-state index is 11.8. The highest BCUT2D eigenvalue weighted by Crippen LogP contribution is 2.37. The van der Waals surface area contributed by atoms with E-state index in [4.69, 9.17) is 10.7 Å². The molecule has 1 fully saturated rings. The first-order chi connectivity index (χ1) is 12.0. The van der Waals surface area contributed by atoms with Crippen LogP contribution >= 0.6 is 11.3 Å². The van der Waals surface area contributed by atoms with Crippen LogP contribution in [-0.4, -0.2) is 47.4 Å². The first-order valence-corrected chi connectivity index (χ1v) is 11.6. The lowest BCUT2D eigenvalue weighted by atomic mass is 9.97. The van der Waals surface area contributed by atoms with Crippen molar-refractivity contribution in [2.24, 2.45) is 0 Å². The molecule has 136 valence electrons. The van der Waals surface area contributed by atoms with Gasteiger partial charge in [0.05, 0.1) is 23.4 Å². The fraction of sp³-hybridized carbons (Fsp3) is 0.647. The van der Waals surface area contributed by atoms with Gasteiger partial charge in [0, 0.05) is 10.9 Å². The highest BCUT2D eigenvalue weighted by Gasteiger charge is 2.32. The van der Waals surface area contributed by atoms with E-state index in [1.54, 1.807) is 11.3 Å². The van der Waals surface area contributed by atoms with Crippen LogP contribution in [0.2, 0.25) is 0 Å². The van der Waals surface area contributed by atoms with Crippen LogP contribution in [0.25, 0.3) is 10.2 Å². The molecule has 0 aromatic carbocycles. The fourth-order valence-corrected chi connectivity index (χ4v) is 7.10. The molecule has 25 heavy (non-hydrogen) atoms. The molecule has 1 saturated heterocycles. The maximum absolute atomic E-state index is 11.8. The predicted molar refractivity (Wildman–Crippen MR) is 102 cm³/mol. The third kappa shape index (κ3) is 3.27. The summed E-state index contributed by atoms with van der Waals surface area (Å²) in [6.07, 6.45) is 5.33. The van der Waals surface area contributed by atoms with E-state index in [-0.39, 0.29) is 17.5 Å². The zero-order valence-electron chi connectivity index (χ0n) is 14.5. The second-order valence-electron chi connectivity index (χ2n) is 7.04. The Balaban J connectivity index is 1.63. The smallest absolute Gasteiger partial charge is 0.151 e. The van der Waals surface area contributed by atoms with E-state index in [2.05, 4.69) is 16.8 Å². The summed E-state index contributed by atoms with van der Waals surface area (Å²) in [6.45, 7) is 3.39. The zero-order chi connectivity index (χ0) is 17.6. The SMILES string of the molecule is CCN(Cc1nc(N)c2c3c(sc2n1)CCCC3)C1CCS(=O)(=O)C1. The molecule has 2 aromatic heterocycles. The summed E-state index contributed by atoms with van der Waals surface area (Å²) in [5, 5.41) is 1.05. The molecule has 2 aliphatic rings. The molecule has 1 aliphatic heterocycles. The van der Waals surface area contributed by atoms with Crippen LogP contribution in [0.1, 0.15) is 42.5 Å². The molecule has 3 heterocycles. The Morgan fingerprint density at radius 3 is 2.80 bits per heavy atom. The molecule has 4 rings (SSSR count). The number of sulfone groups is 1. The Morgan fingerprint density at radius 2 is 2.08 bits per heavy atom. The third-order valence-corrected chi connectivity index (χ3v) is 8.30. The van der Waals surface area contributed by atoms with Crippen molar-refractivity contribution in [3.05, 3.63) is 16.3 Å². The van der Waals surface area contributed by atoms with Gasteiger partial charge in [-0.15, -0.1) is 11.3 Å². The molecule has 2 N–H and O–H groups in total. The summed E-state index contributed by atoms with van der Waals surface area (Å²) in [7, 11) is -2.89. The van der Waals surface area contributed by atoms with Gasteiger partial charge in [-0.3, -0.25) is 4.90 Å². The molecule has 1 atom stereocenters. The average Bonchev–Trinajstić information content (AvgIpc) is 3.12. The highest BCUT2D eigenvalue weighted by molar-refractivity contribution is 7.91. The lowest BCUT2D eigenvalue weighted by Crippen LogP contribution is -2.36. The molecule has 0 spiro atoms. The number of aryl methyl sites for hydroxylation is 2. The Morgan fingerprint density at radius 1 is 1.28 bits per heavy atom. The number of nitrogens with two attached hydrogens (primary N) is 1. The van der Waals surface area contributed by atoms with Crippen LogP contribution in [-0.2, 0) is 29.2 Å². The number of nitrogens with zero attached hydrogens (tertiary/aromatic N) is 3. The number of anilines is 1. The molecule has 1 unspecified atom stereocenters. The van der Waals surface area contributed by atoms with E-state index in [1.165, 1.54) is 23.3 Å². The number of hydrogen-bond acceptors (Lipinski definition) is 7. The van der Waals surface area contributed by atoms with E-state index in [0.717, 1.165) is 29.6 Å². The molecule has 0 saturated carbocycles. The predicted octanol–water partition coefficient (Wildman–Crippen LogP) is 2.16. The number of nitrogen functional groups attached to an aromatic ring is 1. The summed E-state index contributed by atoms with van der Waals surface area (Å²) in [5.74, 6) is 1.81. The van der Waals surface area contributed by atoms with E-state index < -0.39 is 9.84 Å². The largest absolute Gasteiger partial charge is 0.383 e. The van der Waals surface area contributed by atoms with Crippen LogP contribution in [0.5, 0.6) is 0 Å². The second kappa shape index (κ2) is 6.48. The Bertz CT molecular complexity index is 907. The summed E-state index contributed by atoms with van der Waals surface area (Å²) < 4.78 is 23.6. The quantitative estimate of drug-likeness (QED) is 0.874. The fourth-order valence-electron chi connectivity index (χ4n) is 4.05. The Hall–Kier alpha value is -1.25. The molecule has 0 amide bonds. The average molecular weight is 381 g/mol. The van der Waals surface area contributed by atoms with Gasteiger partial charge >= 0.3 is 0 Å². The number of aromatic nitrogens is 2. The summed E-state index contributed by atoms with van der Waals surface area (Å²) >= 11 is 1.75. The van der Waals surface area contributed by atoms with Crippen molar-refractivity contribution in [3.63, 3.8) is 0 Å².